The van der Waals surface area contributed by atoms with E-state index in [-0.39, 0.29) is 11.3 Å². The molecule has 2 saturated heterocycles. The Morgan fingerprint density at radius 1 is 1.11 bits per heavy atom. The third-order valence-electron chi connectivity index (χ3n) is 6.28. The lowest BCUT2D eigenvalue weighted by molar-refractivity contribution is -0.140. The second kappa shape index (κ2) is 11.7. The average molecular weight is 499 g/mol. The first kappa shape index (κ1) is 25.2. The highest BCUT2D eigenvalue weighted by Crippen LogP contribution is 2.40. The molecule has 0 bridgehead atoms. The molecule has 0 saturated carbocycles. The largest absolute Gasteiger partial charge is 0.507 e. The van der Waals surface area contributed by atoms with Crippen molar-refractivity contribution in [2.24, 2.45) is 0 Å². The second-order valence-corrected chi connectivity index (χ2v) is 9.16. The van der Waals surface area contributed by atoms with E-state index in [1.807, 2.05) is 13.0 Å². The van der Waals surface area contributed by atoms with Crippen molar-refractivity contribution >= 4 is 29.1 Å². The van der Waals surface area contributed by atoms with Crippen LogP contribution in [-0.2, 0) is 14.3 Å². The summed E-state index contributed by atoms with van der Waals surface area (Å²) in [7, 11) is 0. The first-order valence-electron chi connectivity index (χ1n) is 12.1. The molecule has 2 aromatic rings. The first-order valence-corrected chi connectivity index (χ1v) is 12.4. The number of likely N-dealkylation sites (tertiary alicyclic amines) is 1. The third kappa shape index (κ3) is 5.86. The van der Waals surface area contributed by atoms with Crippen LogP contribution in [0.15, 0.2) is 54.1 Å². The SMILES string of the molecule is CCCOc1ccc(C(O)=C2C(=O)C(=O)N(CCCN3CCOCC3)[C@@H]2c2cccc(Cl)c2)cc1. The molecule has 0 radical (unpaired) electrons. The minimum Gasteiger partial charge on any atom is -0.507 e. The number of carbonyl (C=O) groups excluding carboxylic acids is 2. The van der Waals surface area contributed by atoms with Crippen molar-refractivity contribution in [3.05, 3.63) is 70.3 Å². The lowest BCUT2D eigenvalue weighted by Gasteiger charge is -2.29. The van der Waals surface area contributed by atoms with Gasteiger partial charge in [0.15, 0.2) is 0 Å². The van der Waals surface area contributed by atoms with Gasteiger partial charge in [0.25, 0.3) is 11.7 Å². The zero-order valence-corrected chi connectivity index (χ0v) is 20.7. The van der Waals surface area contributed by atoms with E-state index >= 15 is 0 Å². The van der Waals surface area contributed by atoms with E-state index in [0.29, 0.717) is 54.7 Å². The molecule has 2 aliphatic heterocycles. The smallest absolute Gasteiger partial charge is 0.295 e. The Kier molecular flexibility index (Phi) is 8.44. The Morgan fingerprint density at radius 3 is 2.54 bits per heavy atom. The average Bonchev–Trinajstić information content (AvgIpc) is 3.13. The zero-order chi connectivity index (χ0) is 24.8. The highest BCUT2D eigenvalue weighted by molar-refractivity contribution is 6.46. The molecule has 0 spiro atoms. The maximum Gasteiger partial charge on any atom is 0.295 e. The number of rotatable bonds is 9. The number of amides is 1. The van der Waals surface area contributed by atoms with E-state index in [1.54, 1.807) is 47.4 Å². The minimum atomic E-state index is -0.714. The lowest BCUT2D eigenvalue weighted by atomic mass is 9.95. The molecular formula is C27H31ClN2O5. The molecule has 0 aromatic heterocycles. The Bertz CT molecular complexity index is 1080. The van der Waals surface area contributed by atoms with Crippen LogP contribution in [0.4, 0.5) is 0 Å². The second-order valence-electron chi connectivity index (χ2n) is 8.73. The van der Waals surface area contributed by atoms with Crippen LogP contribution < -0.4 is 4.74 Å². The summed E-state index contributed by atoms with van der Waals surface area (Å²) in [5, 5.41) is 11.7. The van der Waals surface area contributed by atoms with E-state index in [0.717, 1.165) is 26.1 Å². The van der Waals surface area contributed by atoms with Crippen LogP contribution in [0.1, 0.15) is 36.9 Å². The molecule has 1 amide bonds. The van der Waals surface area contributed by atoms with Crippen molar-refractivity contribution in [3.8, 4) is 5.75 Å². The summed E-state index contributed by atoms with van der Waals surface area (Å²) in [5.74, 6) is -0.823. The normalized spacial score (nSPS) is 20.4. The number of nitrogens with zero attached hydrogens (tertiary/aromatic N) is 2. The molecule has 0 aliphatic carbocycles. The molecular weight excluding hydrogens is 468 g/mol. The summed E-state index contributed by atoms with van der Waals surface area (Å²) in [6.07, 6.45) is 1.59. The van der Waals surface area contributed by atoms with E-state index in [4.69, 9.17) is 21.1 Å². The Hall–Kier alpha value is -2.87. The van der Waals surface area contributed by atoms with Gasteiger partial charge in [0.2, 0.25) is 0 Å². The summed E-state index contributed by atoms with van der Waals surface area (Å²) in [5.41, 5.74) is 1.21. The molecule has 2 fully saturated rings. The summed E-state index contributed by atoms with van der Waals surface area (Å²) >= 11 is 6.25. The van der Waals surface area contributed by atoms with Crippen molar-refractivity contribution < 1.29 is 24.2 Å². The molecule has 4 rings (SSSR count). The van der Waals surface area contributed by atoms with Crippen LogP contribution in [0.3, 0.4) is 0 Å². The van der Waals surface area contributed by atoms with Crippen LogP contribution in [-0.4, -0.2) is 72.6 Å². The van der Waals surface area contributed by atoms with Gasteiger partial charge in [-0.15, -0.1) is 0 Å². The lowest BCUT2D eigenvalue weighted by Crippen LogP contribution is -2.38. The molecule has 0 unspecified atom stereocenters. The summed E-state index contributed by atoms with van der Waals surface area (Å²) < 4.78 is 11.0. The molecule has 2 aromatic carbocycles. The highest BCUT2D eigenvalue weighted by atomic mass is 35.5. The number of ketones is 1. The van der Waals surface area contributed by atoms with Gasteiger partial charge in [-0.1, -0.05) is 30.7 Å². The van der Waals surface area contributed by atoms with Crippen molar-refractivity contribution in [3.63, 3.8) is 0 Å². The van der Waals surface area contributed by atoms with Gasteiger partial charge in [0, 0.05) is 36.8 Å². The van der Waals surface area contributed by atoms with E-state index in [2.05, 4.69) is 4.90 Å². The molecule has 2 heterocycles. The topological polar surface area (TPSA) is 79.3 Å². The molecule has 8 heteroatoms. The predicted octanol–water partition coefficient (Wildman–Crippen LogP) is 4.27. The van der Waals surface area contributed by atoms with Crippen molar-refractivity contribution in [2.75, 3.05) is 46.0 Å². The van der Waals surface area contributed by atoms with Crippen LogP contribution in [0.2, 0.25) is 5.02 Å². The predicted molar refractivity (Wildman–Crippen MR) is 135 cm³/mol. The van der Waals surface area contributed by atoms with E-state index in [9.17, 15) is 14.7 Å². The number of hydrogen-bond donors (Lipinski definition) is 1. The number of hydrogen-bond acceptors (Lipinski definition) is 6. The number of aliphatic hydroxyl groups is 1. The number of ether oxygens (including phenoxy) is 2. The van der Waals surface area contributed by atoms with Crippen LogP contribution >= 0.6 is 11.6 Å². The number of Topliss-reactive ketones (excluding diaryl/α,β-unsaturated/α-hetero) is 1. The fraction of sp³-hybridized carbons (Fsp3) is 0.407. The molecule has 186 valence electrons. The molecule has 7 nitrogen and oxygen atoms in total. The Balaban J connectivity index is 1.63. The number of benzene rings is 2. The molecule has 1 atom stereocenters. The van der Waals surface area contributed by atoms with Gasteiger partial charge in [0.1, 0.15) is 11.5 Å². The highest BCUT2D eigenvalue weighted by Gasteiger charge is 2.45. The number of halogens is 1. The fourth-order valence-electron chi connectivity index (χ4n) is 4.51. The molecule has 1 N–H and O–H groups in total. The first-order chi connectivity index (χ1) is 17.0. The van der Waals surface area contributed by atoms with Gasteiger partial charge < -0.3 is 19.5 Å². The van der Waals surface area contributed by atoms with Gasteiger partial charge >= 0.3 is 0 Å². The van der Waals surface area contributed by atoms with Gasteiger partial charge in [0.05, 0.1) is 31.4 Å². The quantitative estimate of drug-likeness (QED) is 0.316. The third-order valence-corrected chi connectivity index (χ3v) is 6.52. The number of aliphatic hydroxyl groups excluding tert-OH is 1. The maximum atomic E-state index is 13.2. The molecule has 2 aliphatic rings. The van der Waals surface area contributed by atoms with Crippen molar-refractivity contribution in [1.29, 1.82) is 0 Å². The van der Waals surface area contributed by atoms with Gasteiger partial charge in [-0.2, -0.15) is 0 Å². The molecule has 35 heavy (non-hydrogen) atoms. The van der Waals surface area contributed by atoms with Gasteiger partial charge in [-0.3, -0.25) is 14.5 Å². The van der Waals surface area contributed by atoms with E-state index < -0.39 is 17.7 Å². The van der Waals surface area contributed by atoms with Gasteiger partial charge in [-0.05, 0) is 54.8 Å². The zero-order valence-electron chi connectivity index (χ0n) is 19.9. The number of morpholine rings is 1. The fourth-order valence-corrected chi connectivity index (χ4v) is 4.71. The standard InChI is InChI=1S/C27H31ClN2O5/c1-2-15-35-22-9-7-19(8-10-22)25(31)23-24(20-5-3-6-21(28)18-20)30(27(33)26(23)32)12-4-11-29-13-16-34-17-14-29/h3,5-10,18,24,31H,2,4,11-17H2,1H3/t24-/m1/s1. The van der Waals surface area contributed by atoms with Crippen LogP contribution in [0.25, 0.3) is 5.76 Å². The Labute approximate surface area is 210 Å². The van der Waals surface area contributed by atoms with E-state index in [1.165, 1.54) is 0 Å². The number of carbonyl (C=O) groups is 2. The van der Waals surface area contributed by atoms with Gasteiger partial charge in [-0.25, -0.2) is 0 Å². The monoisotopic (exact) mass is 498 g/mol. The summed E-state index contributed by atoms with van der Waals surface area (Å²) in [6, 6.07) is 13.3. The summed E-state index contributed by atoms with van der Waals surface area (Å²) in [6.45, 7) is 6.92. The van der Waals surface area contributed by atoms with Crippen molar-refractivity contribution in [1.82, 2.24) is 9.80 Å². The minimum absolute atomic E-state index is 0.0749. The maximum absolute atomic E-state index is 13.2. The van der Waals surface area contributed by atoms with Crippen LogP contribution in [0, 0.1) is 0 Å². The van der Waals surface area contributed by atoms with Crippen molar-refractivity contribution in [2.45, 2.75) is 25.8 Å². The van der Waals surface area contributed by atoms with Crippen LogP contribution in [0.5, 0.6) is 5.75 Å². The summed E-state index contributed by atoms with van der Waals surface area (Å²) in [4.78, 5) is 30.1. The Morgan fingerprint density at radius 2 is 1.86 bits per heavy atom.